The summed E-state index contributed by atoms with van der Waals surface area (Å²) in [7, 11) is 0. The lowest BCUT2D eigenvalue weighted by atomic mass is 9.62. The molecule has 0 heterocycles. The molecule has 3 aromatic rings. The van der Waals surface area contributed by atoms with Gasteiger partial charge in [-0.05, 0) is 109 Å². The summed E-state index contributed by atoms with van der Waals surface area (Å²) in [6.07, 6.45) is -18.2. The molecule has 0 amide bonds. The van der Waals surface area contributed by atoms with Gasteiger partial charge in [-0.15, -0.1) is 0 Å². The second kappa shape index (κ2) is 8.59. The van der Waals surface area contributed by atoms with Crippen LogP contribution in [0.4, 0.5) is 0 Å². The van der Waals surface area contributed by atoms with Crippen LogP contribution in [-0.2, 0) is 21.7 Å². The predicted octanol–water partition coefficient (Wildman–Crippen LogP) is 10.8. The summed E-state index contributed by atoms with van der Waals surface area (Å²) in [5.74, 6) is -0.740. The summed E-state index contributed by atoms with van der Waals surface area (Å²) in [6, 6.07) is -1.68. The van der Waals surface area contributed by atoms with Crippen LogP contribution in [0, 0.1) is 0 Å². The maximum atomic E-state index is 9.30. The van der Waals surface area contributed by atoms with Crippen molar-refractivity contribution in [3.05, 3.63) is 82.3 Å². The van der Waals surface area contributed by atoms with Crippen LogP contribution in [0.5, 0.6) is 0 Å². The van der Waals surface area contributed by atoms with Gasteiger partial charge in [-0.2, -0.15) is 0 Å². The second-order valence-corrected chi connectivity index (χ2v) is 9.69. The second-order valence-electron chi connectivity index (χ2n) is 9.69. The van der Waals surface area contributed by atoms with Crippen LogP contribution in [0.1, 0.15) is 177 Å². The Morgan fingerprint density at radius 2 is 0.919 bits per heavy atom. The van der Waals surface area contributed by atoms with Crippen molar-refractivity contribution < 1.29 is 49.3 Å². The third-order valence-corrected chi connectivity index (χ3v) is 6.44. The number of hydrogen-bond acceptors (Lipinski definition) is 0. The summed E-state index contributed by atoms with van der Waals surface area (Å²) >= 11 is 0. The molecular formula is C37H48. The molecule has 3 aromatic carbocycles. The van der Waals surface area contributed by atoms with E-state index in [0.29, 0.717) is 12.1 Å². The van der Waals surface area contributed by atoms with Gasteiger partial charge in [0.2, 0.25) is 0 Å². The average Bonchev–Trinajstić information content (AvgIpc) is 3.11. The Kier molecular flexibility index (Phi) is 1.64. The first kappa shape index (κ1) is 7.04. The molecule has 0 aliphatic heterocycles. The van der Waals surface area contributed by atoms with Gasteiger partial charge in [0.15, 0.2) is 0 Å². The van der Waals surface area contributed by atoms with Crippen molar-refractivity contribution in [1.82, 2.24) is 0 Å². The van der Waals surface area contributed by atoms with Crippen LogP contribution >= 0.6 is 0 Å². The molecule has 5 rings (SSSR count). The highest BCUT2D eigenvalue weighted by Crippen LogP contribution is 2.48. The van der Waals surface area contributed by atoms with E-state index in [2.05, 4.69) is 0 Å². The van der Waals surface area contributed by atoms with Crippen LogP contribution in [0.3, 0.4) is 0 Å². The number of fused-ring (bicyclic) bond motifs is 2. The summed E-state index contributed by atoms with van der Waals surface area (Å²) in [5, 5.41) is 0. The SMILES string of the molecule is [2H]c1c(-c2cc(-c3cc4c(c([2H])c3[2H])C(C([2H])([2H])[2H])(C([2H])([2H])[2H])C([2H])([2H])C([2H])([2H])C4(C([2H])([2H])[2H])C([2H])([2H])[2H])cc(C(C)C)c2)cc2c(c1[2H])C(C([2H])([2H])[2H])(C([2H])([2H])[2H])C([2H])([2H])C([2H])([2H])C2(C([2H])([2H])[2H])C([2H])([2H])[2H]. The highest BCUT2D eigenvalue weighted by atomic mass is 14.4. The first-order valence-electron chi connectivity index (χ1n) is 29.3. The largest absolute Gasteiger partial charge is 0.0629 e. The Bertz CT molecular complexity index is 2470. The first-order chi connectivity index (χ1) is 31.9. The summed E-state index contributed by atoms with van der Waals surface area (Å²) in [4.78, 5) is 0. The van der Waals surface area contributed by atoms with E-state index in [1.165, 1.54) is 13.8 Å². The van der Waals surface area contributed by atoms with Crippen LogP contribution in [-0.4, -0.2) is 0 Å². The molecule has 37 heavy (non-hydrogen) atoms. The van der Waals surface area contributed by atoms with Gasteiger partial charge in [0.1, 0.15) is 0 Å². The van der Waals surface area contributed by atoms with Gasteiger partial charge in [-0.25, -0.2) is 0 Å². The maximum absolute atomic E-state index is 9.30. The fourth-order valence-corrected chi connectivity index (χ4v) is 4.32. The summed E-state index contributed by atoms with van der Waals surface area (Å²) in [6.45, 7) is -31.3. The first-order valence-corrected chi connectivity index (χ1v) is 11.3. The highest BCUT2D eigenvalue weighted by Gasteiger charge is 2.38. The number of rotatable bonds is 3. The standard InChI is InChI=1S/C37H48/c1-24(2)27-19-28(25-11-13-30-32(22-25)36(7,8)17-15-34(30,3)4)21-29(20-27)26-12-14-31-33(23-26)37(9,10)18-16-35(31,5)6/h11-14,19-24H,15-18H2,1-10H3/i3D3,4D3,5D3,6D3,7D3,8D3,9D3,10D3,11D,12D,13D,14D,15D2,16D2,17D2,18D2. The van der Waals surface area contributed by atoms with Crippen molar-refractivity contribution in [3.8, 4) is 22.3 Å². The van der Waals surface area contributed by atoms with Crippen LogP contribution in [0.15, 0.2) is 54.5 Å². The topological polar surface area (TPSA) is 0 Å². The molecule has 0 saturated carbocycles. The summed E-state index contributed by atoms with van der Waals surface area (Å²) < 4.78 is 315. The Balaban J connectivity index is 2.18. The Labute approximate surface area is 277 Å². The smallest absolute Gasteiger partial charge is 0.0587 e. The Morgan fingerprint density at radius 3 is 1.27 bits per heavy atom. The van der Waals surface area contributed by atoms with Crippen LogP contribution in [0.25, 0.3) is 22.3 Å². The zero-order valence-electron chi connectivity index (χ0n) is 56.0. The van der Waals surface area contributed by atoms with Crippen LogP contribution < -0.4 is 0 Å². The van der Waals surface area contributed by atoms with Crippen LogP contribution in [0.2, 0.25) is 0 Å². The molecule has 0 spiro atoms. The maximum Gasteiger partial charge on any atom is 0.0629 e. The zero-order chi connectivity index (χ0) is 57.6. The van der Waals surface area contributed by atoms with E-state index < -0.39 is 177 Å². The highest BCUT2D eigenvalue weighted by molar-refractivity contribution is 5.76. The quantitative estimate of drug-likeness (QED) is 0.317. The minimum absolute atomic E-state index is 0.0487. The molecule has 2 aliphatic rings. The molecule has 0 aromatic heterocycles. The van der Waals surface area contributed by atoms with Crippen molar-refractivity contribution >= 4 is 0 Å². The van der Waals surface area contributed by atoms with Gasteiger partial charge in [-0.1, -0.05) is 117 Å². The summed E-state index contributed by atoms with van der Waals surface area (Å²) in [5.41, 5.74) is -26.2. The van der Waals surface area contributed by atoms with Crippen molar-refractivity contribution in [1.29, 1.82) is 0 Å². The zero-order valence-corrected chi connectivity index (χ0v) is 20.0. The molecule has 0 nitrogen and oxygen atoms in total. The van der Waals surface area contributed by atoms with E-state index in [-0.39, 0.29) is 5.56 Å². The third kappa shape index (κ3) is 4.60. The number of hydrogen-bond donors (Lipinski definition) is 0. The molecule has 0 bridgehead atoms. The molecule has 2 aliphatic carbocycles. The molecular weight excluding hydrogens is 444 g/mol. The fourth-order valence-electron chi connectivity index (χ4n) is 4.32. The van der Waals surface area contributed by atoms with E-state index in [1.807, 2.05) is 0 Å². The van der Waals surface area contributed by atoms with Crippen molar-refractivity contribution in [3.63, 3.8) is 0 Å². The Morgan fingerprint density at radius 1 is 0.541 bits per heavy atom. The van der Waals surface area contributed by atoms with E-state index in [0.717, 1.165) is 18.2 Å². The average molecular weight is 529 g/mol. The van der Waals surface area contributed by atoms with Crippen molar-refractivity contribution in [2.75, 3.05) is 0 Å². The molecule has 0 atom stereocenters. The molecule has 0 radical (unpaired) electrons. The molecule has 196 valence electrons. The van der Waals surface area contributed by atoms with Gasteiger partial charge in [0.05, 0.1) is 5.48 Å². The van der Waals surface area contributed by atoms with Gasteiger partial charge < -0.3 is 0 Å². The third-order valence-electron chi connectivity index (χ3n) is 6.44. The van der Waals surface area contributed by atoms with Crippen molar-refractivity contribution in [2.45, 2.75) is 122 Å². The monoisotopic (exact) mass is 529 g/mol. The normalized spacial score (nSPS) is 43.3. The molecule has 0 unspecified atom stereocenters. The van der Waals surface area contributed by atoms with Gasteiger partial charge >= 0.3 is 0 Å². The van der Waals surface area contributed by atoms with E-state index in [9.17, 15) is 5.48 Å². The molecule has 0 heteroatoms. The van der Waals surface area contributed by atoms with E-state index in [4.69, 9.17) is 43.9 Å². The van der Waals surface area contributed by atoms with Gasteiger partial charge in [0.25, 0.3) is 0 Å². The lowest BCUT2D eigenvalue weighted by molar-refractivity contribution is 0.332. The lowest BCUT2D eigenvalue weighted by Gasteiger charge is -2.42. The van der Waals surface area contributed by atoms with E-state index >= 15 is 0 Å². The van der Waals surface area contributed by atoms with Crippen molar-refractivity contribution in [2.24, 2.45) is 0 Å². The number of benzene rings is 3. The van der Waals surface area contributed by atoms with Gasteiger partial charge in [-0.3, -0.25) is 0 Å². The molecule has 0 N–H and O–H groups in total. The Hall–Kier alpha value is -2.34. The van der Waals surface area contributed by atoms with Gasteiger partial charge in [0, 0.05) is 43.9 Å². The fraction of sp³-hybridized carbons (Fsp3) is 0.514. The molecule has 0 saturated heterocycles. The molecule has 0 fully saturated rings. The minimum atomic E-state index is -4.56. The minimum Gasteiger partial charge on any atom is -0.0587 e. The lowest BCUT2D eigenvalue weighted by Crippen LogP contribution is -2.33. The van der Waals surface area contributed by atoms with E-state index in [1.54, 1.807) is 0 Å². The predicted molar refractivity (Wildman–Crippen MR) is 162 cm³/mol.